The molecule has 110 valence electrons. The topological polar surface area (TPSA) is 84.6 Å². The molecule has 0 aromatic heterocycles. The predicted octanol–water partition coefficient (Wildman–Crippen LogP) is 2.63. The zero-order chi connectivity index (χ0) is 15.2. The first kappa shape index (κ1) is 14.7. The Morgan fingerprint density at radius 1 is 1.29 bits per heavy atom. The van der Waals surface area contributed by atoms with Gasteiger partial charge in [0.25, 0.3) is 0 Å². The SMILES string of the molecule is COc1ccccc1CCNc1ccc(C(=O)O)c(N)c1. The molecule has 0 unspecified atom stereocenters. The zero-order valence-electron chi connectivity index (χ0n) is 11.8. The van der Waals surface area contributed by atoms with Crippen LogP contribution in [0.15, 0.2) is 42.5 Å². The van der Waals surface area contributed by atoms with E-state index in [-0.39, 0.29) is 11.3 Å². The molecule has 5 nitrogen and oxygen atoms in total. The molecule has 2 aromatic carbocycles. The average molecular weight is 286 g/mol. The van der Waals surface area contributed by atoms with Crippen molar-refractivity contribution in [3.63, 3.8) is 0 Å². The standard InChI is InChI=1S/C16H18N2O3/c1-21-15-5-3-2-4-11(15)8-9-18-12-6-7-13(16(19)20)14(17)10-12/h2-7,10,18H,8-9,17H2,1H3,(H,19,20). The molecule has 2 aromatic rings. The normalized spacial score (nSPS) is 10.1. The lowest BCUT2D eigenvalue weighted by Gasteiger charge is -2.11. The maximum absolute atomic E-state index is 10.9. The molecule has 0 spiro atoms. The third-order valence-corrected chi connectivity index (χ3v) is 3.20. The van der Waals surface area contributed by atoms with Gasteiger partial charge in [0, 0.05) is 17.9 Å². The van der Waals surface area contributed by atoms with E-state index in [1.165, 1.54) is 6.07 Å². The van der Waals surface area contributed by atoms with Gasteiger partial charge in [0.15, 0.2) is 0 Å². The third kappa shape index (κ3) is 3.66. The Balaban J connectivity index is 1.97. The summed E-state index contributed by atoms with van der Waals surface area (Å²) < 4.78 is 5.30. The van der Waals surface area contributed by atoms with Crippen LogP contribution < -0.4 is 15.8 Å². The highest BCUT2D eigenvalue weighted by molar-refractivity contribution is 5.94. The van der Waals surface area contributed by atoms with Gasteiger partial charge in [-0.3, -0.25) is 0 Å². The van der Waals surface area contributed by atoms with Crippen molar-refractivity contribution in [3.05, 3.63) is 53.6 Å². The first-order valence-electron chi connectivity index (χ1n) is 6.60. The van der Waals surface area contributed by atoms with Crippen LogP contribution in [0.3, 0.4) is 0 Å². The molecule has 0 amide bonds. The van der Waals surface area contributed by atoms with E-state index >= 15 is 0 Å². The van der Waals surface area contributed by atoms with Crippen molar-refractivity contribution in [1.29, 1.82) is 0 Å². The van der Waals surface area contributed by atoms with Gasteiger partial charge in [0.05, 0.1) is 12.7 Å². The molecular weight excluding hydrogens is 268 g/mol. The van der Waals surface area contributed by atoms with Crippen LogP contribution >= 0.6 is 0 Å². The van der Waals surface area contributed by atoms with Crippen LogP contribution in [0.25, 0.3) is 0 Å². The summed E-state index contributed by atoms with van der Waals surface area (Å²) in [7, 11) is 1.65. The molecule has 0 saturated carbocycles. The van der Waals surface area contributed by atoms with Crippen LogP contribution in [0.5, 0.6) is 5.75 Å². The fourth-order valence-electron chi connectivity index (χ4n) is 2.12. The summed E-state index contributed by atoms with van der Waals surface area (Å²) in [4.78, 5) is 10.9. The number of anilines is 2. The summed E-state index contributed by atoms with van der Waals surface area (Å²) in [6.45, 7) is 0.701. The van der Waals surface area contributed by atoms with E-state index in [1.807, 2.05) is 24.3 Å². The largest absolute Gasteiger partial charge is 0.496 e. The smallest absolute Gasteiger partial charge is 0.337 e. The lowest BCUT2D eigenvalue weighted by molar-refractivity contribution is 0.0698. The summed E-state index contributed by atoms with van der Waals surface area (Å²) in [5.74, 6) is -0.159. The number of para-hydroxylation sites is 1. The summed E-state index contributed by atoms with van der Waals surface area (Å²) in [6, 6.07) is 12.7. The quantitative estimate of drug-likeness (QED) is 0.711. The molecule has 0 radical (unpaired) electrons. The van der Waals surface area contributed by atoms with Gasteiger partial charge in [-0.05, 0) is 36.2 Å². The van der Waals surface area contributed by atoms with Crippen LogP contribution in [0, 0.1) is 0 Å². The Hall–Kier alpha value is -2.69. The van der Waals surface area contributed by atoms with Gasteiger partial charge in [0.2, 0.25) is 0 Å². The van der Waals surface area contributed by atoms with Gasteiger partial charge in [-0.25, -0.2) is 4.79 Å². The molecule has 0 atom stereocenters. The van der Waals surface area contributed by atoms with Crippen LogP contribution in [0.1, 0.15) is 15.9 Å². The molecule has 2 rings (SSSR count). The molecule has 5 heteroatoms. The zero-order valence-corrected chi connectivity index (χ0v) is 11.8. The second kappa shape index (κ2) is 6.65. The van der Waals surface area contributed by atoms with E-state index in [0.29, 0.717) is 6.54 Å². The first-order chi connectivity index (χ1) is 10.1. The minimum Gasteiger partial charge on any atom is -0.496 e. The molecule has 0 aliphatic heterocycles. The van der Waals surface area contributed by atoms with E-state index < -0.39 is 5.97 Å². The Bertz CT molecular complexity index is 641. The summed E-state index contributed by atoms with van der Waals surface area (Å²) in [5.41, 5.74) is 7.99. The number of carbonyl (C=O) groups is 1. The Morgan fingerprint density at radius 2 is 2.05 bits per heavy atom. The van der Waals surface area contributed by atoms with Gasteiger partial charge in [-0.2, -0.15) is 0 Å². The highest BCUT2D eigenvalue weighted by Crippen LogP contribution is 2.20. The van der Waals surface area contributed by atoms with E-state index in [4.69, 9.17) is 15.6 Å². The van der Waals surface area contributed by atoms with Crippen molar-refractivity contribution in [2.45, 2.75) is 6.42 Å². The number of nitrogens with one attached hydrogen (secondary N) is 1. The summed E-state index contributed by atoms with van der Waals surface area (Å²) >= 11 is 0. The molecule has 4 N–H and O–H groups in total. The molecular formula is C16H18N2O3. The number of aromatic carboxylic acids is 1. The van der Waals surface area contributed by atoms with E-state index in [0.717, 1.165) is 23.4 Å². The summed E-state index contributed by atoms with van der Waals surface area (Å²) in [6.07, 6.45) is 0.796. The van der Waals surface area contributed by atoms with E-state index in [2.05, 4.69) is 5.32 Å². The van der Waals surface area contributed by atoms with Gasteiger partial charge < -0.3 is 20.9 Å². The molecule has 21 heavy (non-hydrogen) atoms. The number of benzene rings is 2. The number of rotatable bonds is 6. The van der Waals surface area contributed by atoms with Crippen molar-refractivity contribution >= 4 is 17.3 Å². The molecule has 0 aliphatic carbocycles. The number of hydrogen-bond acceptors (Lipinski definition) is 4. The number of nitrogens with two attached hydrogens (primary N) is 1. The minimum absolute atomic E-state index is 0.116. The predicted molar refractivity (Wildman–Crippen MR) is 83.0 cm³/mol. The van der Waals surface area contributed by atoms with Crippen molar-refractivity contribution in [3.8, 4) is 5.75 Å². The number of ether oxygens (including phenoxy) is 1. The first-order valence-corrected chi connectivity index (χ1v) is 6.60. The fourth-order valence-corrected chi connectivity index (χ4v) is 2.12. The molecule has 0 bridgehead atoms. The average Bonchev–Trinajstić information content (AvgIpc) is 2.47. The Morgan fingerprint density at radius 3 is 2.71 bits per heavy atom. The number of hydrogen-bond donors (Lipinski definition) is 3. The van der Waals surface area contributed by atoms with Gasteiger partial charge in [-0.1, -0.05) is 18.2 Å². The number of carboxylic acid groups (broad SMARTS) is 1. The van der Waals surface area contributed by atoms with Crippen LogP contribution in [-0.2, 0) is 6.42 Å². The lowest BCUT2D eigenvalue weighted by atomic mass is 10.1. The van der Waals surface area contributed by atoms with Crippen molar-refractivity contribution < 1.29 is 14.6 Å². The van der Waals surface area contributed by atoms with Gasteiger partial charge in [0.1, 0.15) is 5.75 Å². The number of methoxy groups -OCH3 is 1. The Labute approximate surface area is 123 Å². The van der Waals surface area contributed by atoms with Crippen LogP contribution in [0.4, 0.5) is 11.4 Å². The summed E-state index contributed by atoms with van der Waals surface area (Å²) in [5, 5.41) is 12.1. The van der Waals surface area contributed by atoms with Gasteiger partial charge in [-0.15, -0.1) is 0 Å². The van der Waals surface area contributed by atoms with Crippen molar-refractivity contribution in [2.24, 2.45) is 0 Å². The third-order valence-electron chi connectivity index (χ3n) is 3.20. The highest BCUT2D eigenvalue weighted by Gasteiger charge is 2.08. The number of nitrogen functional groups attached to an aromatic ring is 1. The van der Waals surface area contributed by atoms with Crippen molar-refractivity contribution in [2.75, 3.05) is 24.7 Å². The van der Waals surface area contributed by atoms with E-state index in [9.17, 15) is 4.79 Å². The molecule has 0 fully saturated rings. The lowest BCUT2D eigenvalue weighted by Crippen LogP contribution is -2.08. The van der Waals surface area contributed by atoms with Gasteiger partial charge >= 0.3 is 5.97 Å². The van der Waals surface area contributed by atoms with Crippen LogP contribution in [0.2, 0.25) is 0 Å². The second-order valence-corrected chi connectivity index (χ2v) is 4.60. The van der Waals surface area contributed by atoms with E-state index in [1.54, 1.807) is 19.2 Å². The molecule has 0 saturated heterocycles. The van der Waals surface area contributed by atoms with Crippen LogP contribution in [-0.4, -0.2) is 24.7 Å². The maximum Gasteiger partial charge on any atom is 0.337 e. The second-order valence-electron chi connectivity index (χ2n) is 4.60. The van der Waals surface area contributed by atoms with Crippen molar-refractivity contribution in [1.82, 2.24) is 0 Å². The highest BCUT2D eigenvalue weighted by atomic mass is 16.5. The molecule has 0 heterocycles. The Kier molecular flexibility index (Phi) is 4.66. The molecule has 0 aliphatic rings. The fraction of sp³-hybridized carbons (Fsp3) is 0.188. The monoisotopic (exact) mass is 286 g/mol. The maximum atomic E-state index is 10.9. The minimum atomic E-state index is -1.02. The number of carboxylic acids is 1.